The lowest BCUT2D eigenvalue weighted by molar-refractivity contribution is -0.176. The van der Waals surface area contributed by atoms with E-state index in [1.807, 2.05) is 0 Å². The molecule has 1 fully saturated rings. The van der Waals surface area contributed by atoms with Crippen LogP contribution in [-0.2, 0) is 19.2 Å². The van der Waals surface area contributed by atoms with Crippen molar-refractivity contribution >= 4 is 17.7 Å². The van der Waals surface area contributed by atoms with Crippen LogP contribution in [0.1, 0.15) is 13.8 Å². The molecule has 13 heavy (non-hydrogen) atoms. The summed E-state index contributed by atoms with van der Waals surface area (Å²) in [5.74, 6) is -1.34. The van der Waals surface area contributed by atoms with E-state index in [9.17, 15) is 14.4 Å². The molecule has 1 rings (SSSR count). The van der Waals surface area contributed by atoms with Crippen LogP contribution >= 0.6 is 0 Å². The lowest BCUT2D eigenvalue weighted by Gasteiger charge is -2.08. The van der Waals surface area contributed by atoms with E-state index in [1.165, 1.54) is 13.8 Å². The molecule has 0 aromatic rings. The van der Waals surface area contributed by atoms with E-state index in [-0.39, 0.29) is 12.5 Å². The summed E-state index contributed by atoms with van der Waals surface area (Å²) in [4.78, 5) is 37.4. The molecule has 1 heterocycles. The molecule has 0 aliphatic carbocycles. The predicted octanol–water partition coefficient (Wildman–Crippen LogP) is -1.19. The van der Waals surface area contributed by atoms with Gasteiger partial charge < -0.3 is 5.32 Å². The Morgan fingerprint density at radius 1 is 1.54 bits per heavy atom. The fourth-order valence-electron chi connectivity index (χ4n) is 1.02. The van der Waals surface area contributed by atoms with Gasteiger partial charge in [0, 0.05) is 13.8 Å². The lowest BCUT2D eigenvalue weighted by atomic mass is 10.3. The first-order valence-corrected chi connectivity index (χ1v) is 3.77. The molecule has 0 radical (unpaired) electrons. The van der Waals surface area contributed by atoms with Crippen LogP contribution in [0.2, 0.25) is 0 Å². The molecule has 6 heteroatoms. The number of carbonyl (C=O) groups is 3. The van der Waals surface area contributed by atoms with Crippen molar-refractivity contribution in [3.05, 3.63) is 0 Å². The van der Waals surface area contributed by atoms with E-state index in [2.05, 4.69) is 5.32 Å². The summed E-state index contributed by atoms with van der Waals surface area (Å²) in [7, 11) is 0. The molecule has 1 aliphatic heterocycles. The second kappa shape index (κ2) is 3.53. The smallest absolute Gasteiger partial charge is 0.278 e. The van der Waals surface area contributed by atoms with Crippen LogP contribution in [0.15, 0.2) is 0 Å². The fourth-order valence-corrected chi connectivity index (χ4v) is 1.02. The Labute approximate surface area is 74.8 Å². The lowest BCUT2D eigenvalue weighted by Crippen LogP contribution is -2.42. The molecular formula is C7H10N2O4. The van der Waals surface area contributed by atoms with E-state index >= 15 is 0 Å². The van der Waals surface area contributed by atoms with Crippen molar-refractivity contribution in [3.8, 4) is 0 Å². The Morgan fingerprint density at radius 2 is 2.15 bits per heavy atom. The Kier molecular flexibility index (Phi) is 2.62. The van der Waals surface area contributed by atoms with E-state index < -0.39 is 17.9 Å². The van der Waals surface area contributed by atoms with Crippen LogP contribution < -0.4 is 5.32 Å². The molecule has 0 aromatic heterocycles. The Balaban J connectivity index is 2.60. The SMILES string of the molecule is CC(=O)N[C@H]1CON(C(C)=O)C1=O. The van der Waals surface area contributed by atoms with Gasteiger partial charge in [-0.3, -0.25) is 19.2 Å². The Bertz CT molecular complexity index is 263. The normalized spacial score (nSPS) is 21.8. The van der Waals surface area contributed by atoms with Gasteiger partial charge >= 0.3 is 0 Å². The van der Waals surface area contributed by atoms with Crippen molar-refractivity contribution < 1.29 is 19.2 Å². The standard InChI is InChI=1S/C7H10N2O4/c1-4(10)8-6-3-13-9(5(2)11)7(6)12/h6H,3H2,1-2H3,(H,8,10)/t6-/m0/s1. The van der Waals surface area contributed by atoms with Gasteiger partial charge in [0.2, 0.25) is 11.8 Å². The third kappa shape index (κ3) is 2.03. The highest BCUT2D eigenvalue weighted by atomic mass is 16.7. The molecular weight excluding hydrogens is 176 g/mol. The molecule has 1 N–H and O–H groups in total. The molecule has 0 spiro atoms. The van der Waals surface area contributed by atoms with Crippen molar-refractivity contribution in [2.75, 3.05) is 6.61 Å². The van der Waals surface area contributed by atoms with Crippen LogP contribution in [0, 0.1) is 0 Å². The number of nitrogens with zero attached hydrogens (tertiary/aromatic N) is 1. The number of hydrogen-bond donors (Lipinski definition) is 1. The highest BCUT2D eigenvalue weighted by Crippen LogP contribution is 2.07. The monoisotopic (exact) mass is 186 g/mol. The van der Waals surface area contributed by atoms with Gasteiger partial charge in [-0.15, -0.1) is 0 Å². The number of nitrogens with one attached hydrogen (secondary N) is 1. The number of imide groups is 1. The fraction of sp³-hybridized carbons (Fsp3) is 0.571. The number of hydrogen-bond acceptors (Lipinski definition) is 4. The van der Waals surface area contributed by atoms with Crippen molar-refractivity contribution in [2.45, 2.75) is 19.9 Å². The van der Waals surface area contributed by atoms with Crippen LogP contribution in [0.3, 0.4) is 0 Å². The second-order valence-corrected chi connectivity index (χ2v) is 2.70. The van der Waals surface area contributed by atoms with Gasteiger partial charge in [-0.2, -0.15) is 5.06 Å². The summed E-state index contributed by atoms with van der Waals surface area (Å²) in [5, 5.41) is 3.02. The van der Waals surface area contributed by atoms with Crippen molar-refractivity contribution in [3.63, 3.8) is 0 Å². The topological polar surface area (TPSA) is 75.7 Å². The molecule has 0 bridgehead atoms. The average Bonchev–Trinajstić information content (AvgIpc) is 2.32. The highest BCUT2D eigenvalue weighted by molar-refractivity contribution is 5.98. The molecule has 0 saturated carbocycles. The van der Waals surface area contributed by atoms with E-state index in [0.717, 1.165) is 0 Å². The van der Waals surface area contributed by atoms with Crippen LogP contribution in [-0.4, -0.2) is 35.4 Å². The van der Waals surface area contributed by atoms with Crippen molar-refractivity contribution in [1.29, 1.82) is 0 Å². The molecule has 1 atom stereocenters. The van der Waals surface area contributed by atoms with Crippen LogP contribution in [0.25, 0.3) is 0 Å². The zero-order valence-electron chi connectivity index (χ0n) is 7.36. The largest absolute Gasteiger partial charge is 0.342 e. The summed E-state index contributed by atoms with van der Waals surface area (Å²) < 4.78 is 0. The molecule has 1 aliphatic rings. The van der Waals surface area contributed by atoms with Gasteiger partial charge in [0.25, 0.3) is 5.91 Å². The molecule has 0 unspecified atom stereocenters. The van der Waals surface area contributed by atoms with E-state index in [1.54, 1.807) is 0 Å². The molecule has 6 nitrogen and oxygen atoms in total. The molecule has 0 aromatic carbocycles. The molecule has 3 amide bonds. The summed E-state index contributed by atoms with van der Waals surface area (Å²) in [6.07, 6.45) is 0. The maximum atomic E-state index is 11.2. The van der Waals surface area contributed by atoms with Gasteiger partial charge in [0.15, 0.2) is 0 Å². The van der Waals surface area contributed by atoms with Gasteiger partial charge in [0.1, 0.15) is 12.6 Å². The molecule has 72 valence electrons. The maximum absolute atomic E-state index is 11.2. The Hall–Kier alpha value is -1.43. The van der Waals surface area contributed by atoms with E-state index in [0.29, 0.717) is 5.06 Å². The minimum absolute atomic E-state index is 0.0119. The van der Waals surface area contributed by atoms with Gasteiger partial charge in [-0.1, -0.05) is 0 Å². The predicted molar refractivity (Wildman–Crippen MR) is 41.1 cm³/mol. The quantitative estimate of drug-likeness (QED) is 0.558. The zero-order valence-corrected chi connectivity index (χ0v) is 7.36. The van der Waals surface area contributed by atoms with E-state index in [4.69, 9.17) is 4.84 Å². The third-order valence-corrected chi connectivity index (χ3v) is 1.53. The van der Waals surface area contributed by atoms with Crippen molar-refractivity contribution in [2.24, 2.45) is 0 Å². The summed E-state index contributed by atoms with van der Waals surface area (Å²) in [6, 6.07) is -0.735. The molecule has 1 saturated heterocycles. The summed E-state index contributed by atoms with van der Waals surface area (Å²) in [5.41, 5.74) is 0. The van der Waals surface area contributed by atoms with Crippen LogP contribution in [0.4, 0.5) is 0 Å². The minimum atomic E-state index is -0.735. The van der Waals surface area contributed by atoms with Gasteiger partial charge in [-0.25, -0.2) is 0 Å². The Morgan fingerprint density at radius 3 is 2.54 bits per heavy atom. The zero-order chi connectivity index (χ0) is 10.0. The maximum Gasteiger partial charge on any atom is 0.278 e. The number of rotatable bonds is 1. The van der Waals surface area contributed by atoms with Crippen molar-refractivity contribution in [1.82, 2.24) is 10.4 Å². The number of amides is 3. The first kappa shape index (κ1) is 9.66. The second-order valence-electron chi connectivity index (χ2n) is 2.70. The first-order valence-electron chi connectivity index (χ1n) is 3.77. The minimum Gasteiger partial charge on any atom is -0.342 e. The summed E-state index contributed by atoms with van der Waals surface area (Å²) >= 11 is 0. The number of carbonyl (C=O) groups excluding carboxylic acids is 3. The van der Waals surface area contributed by atoms with Crippen LogP contribution in [0.5, 0.6) is 0 Å². The highest BCUT2D eigenvalue weighted by Gasteiger charge is 2.36. The first-order chi connectivity index (χ1) is 6.02. The number of hydroxylamine groups is 2. The summed E-state index contributed by atoms with van der Waals surface area (Å²) in [6.45, 7) is 2.52. The van der Waals surface area contributed by atoms with Gasteiger partial charge in [-0.05, 0) is 0 Å². The average molecular weight is 186 g/mol. The van der Waals surface area contributed by atoms with Gasteiger partial charge in [0.05, 0.1) is 0 Å². The third-order valence-electron chi connectivity index (χ3n) is 1.53.